The fourth-order valence-corrected chi connectivity index (χ4v) is 5.34. The van der Waals surface area contributed by atoms with Gasteiger partial charge in [-0.2, -0.15) is 0 Å². The lowest BCUT2D eigenvalue weighted by Crippen LogP contribution is -2.49. The van der Waals surface area contributed by atoms with E-state index in [9.17, 15) is 4.21 Å². The van der Waals surface area contributed by atoms with Crippen molar-refractivity contribution in [3.63, 3.8) is 0 Å². The van der Waals surface area contributed by atoms with Gasteiger partial charge in [0.25, 0.3) is 0 Å². The van der Waals surface area contributed by atoms with Gasteiger partial charge in [-0.3, -0.25) is 4.21 Å². The van der Waals surface area contributed by atoms with Gasteiger partial charge in [0.2, 0.25) is 0 Å². The molecule has 1 fully saturated rings. The summed E-state index contributed by atoms with van der Waals surface area (Å²) < 4.78 is 12.8. The number of rotatable bonds is 9. The number of unbranched alkanes of at least 4 members (excludes halogenated alkanes) is 1. The molecule has 0 heterocycles. The first-order chi connectivity index (χ1) is 9.96. The zero-order valence-electron chi connectivity index (χ0n) is 14.9. The number of hydrogen-bond acceptors (Lipinski definition) is 2. The van der Waals surface area contributed by atoms with Crippen molar-refractivity contribution in [3.8, 4) is 0 Å². The van der Waals surface area contributed by atoms with Gasteiger partial charge >= 0.3 is 0 Å². The van der Waals surface area contributed by atoms with E-state index in [0.29, 0.717) is 16.7 Å². The molecule has 0 aromatic rings. The second-order valence-corrected chi connectivity index (χ2v) is 9.16. The van der Waals surface area contributed by atoms with Crippen molar-refractivity contribution < 1.29 is 4.21 Å². The van der Waals surface area contributed by atoms with Crippen LogP contribution in [-0.4, -0.2) is 27.8 Å². The number of hydrogen-bond donors (Lipinski definition) is 1. The van der Waals surface area contributed by atoms with Gasteiger partial charge in [-0.25, -0.2) is 0 Å². The first-order valence-electron chi connectivity index (χ1n) is 9.06. The summed E-state index contributed by atoms with van der Waals surface area (Å²) in [6.07, 6.45) is 8.29. The number of nitrogens with one attached hydrogen (secondary N) is 1. The standard InChI is InChI=1S/C18H37NOS/c1-6-9-13-21(20)17-14-15(18(4,5)8-3)10-11-16(17)19-12-7-2/h15-17,19H,6-14H2,1-5H3. The third-order valence-corrected chi connectivity index (χ3v) is 7.39. The molecule has 0 bridgehead atoms. The molecule has 1 aliphatic rings. The van der Waals surface area contributed by atoms with Crippen LogP contribution in [0.2, 0.25) is 0 Å². The van der Waals surface area contributed by atoms with E-state index in [0.717, 1.165) is 43.9 Å². The predicted molar refractivity (Wildman–Crippen MR) is 95.2 cm³/mol. The van der Waals surface area contributed by atoms with Gasteiger partial charge in [0.1, 0.15) is 0 Å². The molecule has 0 aromatic carbocycles. The van der Waals surface area contributed by atoms with Gasteiger partial charge in [0, 0.05) is 22.6 Å². The minimum atomic E-state index is -0.660. The fourth-order valence-electron chi connectivity index (χ4n) is 3.42. The Hall–Kier alpha value is 0.110. The molecule has 3 heteroatoms. The van der Waals surface area contributed by atoms with Crippen LogP contribution >= 0.6 is 0 Å². The zero-order chi connectivity index (χ0) is 15.9. The van der Waals surface area contributed by atoms with Crippen LogP contribution in [0.4, 0.5) is 0 Å². The van der Waals surface area contributed by atoms with Crippen molar-refractivity contribution in [2.75, 3.05) is 12.3 Å². The van der Waals surface area contributed by atoms with Gasteiger partial charge in [0.15, 0.2) is 0 Å². The van der Waals surface area contributed by atoms with Gasteiger partial charge in [-0.15, -0.1) is 0 Å². The molecule has 1 aliphatic carbocycles. The van der Waals surface area contributed by atoms with Crippen LogP contribution in [0, 0.1) is 11.3 Å². The van der Waals surface area contributed by atoms with E-state index >= 15 is 0 Å². The first-order valence-corrected chi connectivity index (χ1v) is 10.4. The Balaban J connectivity index is 2.73. The molecule has 21 heavy (non-hydrogen) atoms. The second-order valence-electron chi connectivity index (χ2n) is 7.39. The lowest BCUT2D eigenvalue weighted by molar-refractivity contribution is 0.140. The molecule has 0 radical (unpaired) electrons. The quantitative estimate of drug-likeness (QED) is 0.678. The summed E-state index contributed by atoms with van der Waals surface area (Å²) in [5.74, 6) is 1.63. The van der Waals surface area contributed by atoms with Crippen LogP contribution in [0.15, 0.2) is 0 Å². The van der Waals surface area contributed by atoms with E-state index in [1.165, 1.54) is 19.3 Å². The smallest absolute Gasteiger partial charge is 0.0504 e. The average Bonchev–Trinajstić information content (AvgIpc) is 2.50. The van der Waals surface area contributed by atoms with Crippen LogP contribution in [0.25, 0.3) is 0 Å². The first kappa shape index (κ1) is 19.2. The molecular weight excluding hydrogens is 278 g/mol. The molecule has 126 valence electrons. The van der Waals surface area contributed by atoms with Crippen LogP contribution < -0.4 is 5.32 Å². The summed E-state index contributed by atoms with van der Waals surface area (Å²) in [4.78, 5) is 0. The van der Waals surface area contributed by atoms with Gasteiger partial charge in [0.05, 0.1) is 5.25 Å². The minimum Gasteiger partial charge on any atom is -0.313 e. The zero-order valence-corrected chi connectivity index (χ0v) is 15.7. The third kappa shape index (κ3) is 5.67. The highest BCUT2D eigenvalue weighted by Gasteiger charge is 2.39. The average molecular weight is 316 g/mol. The van der Waals surface area contributed by atoms with Crippen LogP contribution in [0.3, 0.4) is 0 Å². The predicted octanol–water partition coefficient (Wildman–Crippen LogP) is 4.51. The Morgan fingerprint density at radius 3 is 2.43 bits per heavy atom. The summed E-state index contributed by atoms with van der Waals surface area (Å²) in [5, 5.41) is 4.04. The molecule has 0 spiro atoms. The second kappa shape index (κ2) is 9.29. The van der Waals surface area contributed by atoms with Crippen molar-refractivity contribution in [3.05, 3.63) is 0 Å². The van der Waals surface area contributed by atoms with E-state index in [1.54, 1.807) is 0 Å². The largest absolute Gasteiger partial charge is 0.313 e. The van der Waals surface area contributed by atoms with E-state index < -0.39 is 10.8 Å². The van der Waals surface area contributed by atoms with Gasteiger partial charge in [-0.1, -0.05) is 47.5 Å². The Labute approximate surface area is 135 Å². The maximum absolute atomic E-state index is 12.8. The summed E-state index contributed by atoms with van der Waals surface area (Å²) in [6, 6.07) is 0.478. The normalized spacial score (nSPS) is 28.5. The monoisotopic (exact) mass is 315 g/mol. The molecule has 4 unspecified atom stereocenters. The molecule has 1 rings (SSSR count). The van der Waals surface area contributed by atoms with E-state index in [-0.39, 0.29) is 0 Å². The van der Waals surface area contributed by atoms with E-state index in [2.05, 4.69) is 39.9 Å². The minimum absolute atomic E-state index is 0.368. The van der Waals surface area contributed by atoms with Crippen molar-refractivity contribution in [1.82, 2.24) is 5.32 Å². The molecule has 0 amide bonds. The molecule has 1 N–H and O–H groups in total. The fraction of sp³-hybridized carbons (Fsp3) is 1.00. The Morgan fingerprint density at radius 1 is 1.14 bits per heavy atom. The van der Waals surface area contributed by atoms with Crippen molar-refractivity contribution >= 4 is 10.8 Å². The molecule has 2 nitrogen and oxygen atoms in total. The Bertz CT molecular complexity index is 316. The summed E-state index contributed by atoms with van der Waals surface area (Å²) in [6.45, 7) is 12.5. The lowest BCUT2D eigenvalue weighted by Gasteiger charge is -2.43. The third-order valence-electron chi connectivity index (χ3n) is 5.50. The highest BCUT2D eigenvalue weighted by molar-refractivity contribution is 7.85. The molecule has 0 aromatic heterocycles. The van der Waals surface area contributed by atoms with Crippen molar-refractivity contribution in [2.24, 2.45) is 11.3 Å². The van der Waals surface area contributed by atoms with Crippen molar-refractivity contribution in [2.45, 2.75) is 90.9 Å². The Kier molecular flexibility index (Phi) is 8.48. The molecule has 1 saturated carbocycles. The van der Waals surface area contributed by atoms with Crippen molar-refractivity contribution in [1.29, 1.82) is 0 Å². The maximum Gasteiger partial charge on any atom is 0.0504 e. The van der Waals surface area contributed by atoms with Crippen LogP contribution in [0.1, 0.15) is 79.6 Å². The highest BCUT2D eigenvalue weighted by Crippen LogP contribution is 2.41. The highest BCUT2D eigenvalue weighted by atomic mass is 32.2. The Morgan fingerprint density at radius 2 is 1.86 bits per heavy atom. The molecule has 0 saturated heterocycles. The van der Waals surface area contributed by atoms with Crippen LogP contribution in [-0.2, 0) is 10.8 Å². The summed E-state index contributed by atoms with van der Waals surface area (Å²) >= 11 is 0. The maximum atomic E-state index is 12.8. The molecule has 0 aliphatic heterocycles. The molecular formula is C18H37NOS. The lowest BCUT2D eigenvalue weighted by atomic mass is 9.68. The van der Waals surface area contributed by atoms with Crippen LogP contribution in [0.5, 0.6) is 0 Å². The van der Waals surface area contributed by atoms with Gasteiger partial charge in [-0.05, 0) is 50.0 Å². The van der Waals surface area contributed by atoms with E-state index in [4.69, 9.17) is 0 Å². The SMILES string of the molecule is CCCCS(=O)C1CC(C(C)(C)CC)CCC1NCCC. The van der Waals surface area contributed by atoms with Gasteiger partial charge < -0.3 is 5.32 Å². The molecule has 4 atom stereocenters. The summed E-state index contributed by atoms with van der Waals surface area (Å²) in [7, 11) is -0.660. The summed E-state index contributed by atoms with van der Waals surface area (Å²) in [5.41, 5.74) is 0.392. The van der Waals surface area contributed by atoms with E-state index in [1.807, 2.05) is 0 Å². The topological polar surface area (TPSA) is 29.1 Å².